The van der Waals surface area contributed by atoms with E-state index in [-0.39, 0.29) is 25.1 Å². The van der Waals surface area contributed by atoms with Crippen LogP contribution >= 0.6 is 0 Å². The molecule has 0 aromatic heterocycles. The van der Waals surface area contributed by atoms with Crippen molar-refractivity contribution in [2.24, 2.45) is 0 Å². The standard InChI is InChI=1S/C31H41N5O4/c1-21-16-22(2)27(33-24-10-12-34(13-11-24)28-9-7-6-8-23(28)18-32)17-26(21)29(38)35-14-15-36(25(19-35)20-37)30(39)40-31(3,4)5/h6-9,16-17,24-25,33,37H,10-15,19-20H2,1-5H3/t25-/m0/s1. The molecule has 4 rings (SSSR count). The molecular weight excluding hydrogens is 506 g/mol. The van der Waals surface area contributed by atoms with Crippen LogP contribution in [0.15, 0.2) is 36.4 Å². The fraction of sp³-hybridized carbons (Fsp3) is 0.516. The lowest BCUT2D eigenvalue weighted by Crippen LogP contribution is -2.58. The molecule has 0 spiro atoms. The maximum atomic E-state index is 13.7. The fourth-order valence-electron chi connectivity index (χ4n) is 5.49. The van der Waals surface area contributed by atoms with Gasteiger partial charge in [-0.3, -0.25) is 9.69 Å². The Hall–Kier alpha value is -3.77. The smallest absolute Gasteiger partial charge is 0.410 e. The molecule has 214 valence electrons. The van der Waals surface area contributed by atoms with E-state index in [0.717, 1.165) is 48.4 Å². The summed E-state index contributed by atoms with van der Waals surface area (Å²) in [5.41, 5.74) is 4.58. The van der Waals surface area contributed by atoms with E-state index >= 15 is 0 Å². The van der Waals surface area contributed by atoms with Crippen molar-refractivity contribution in [2.45, 2.75) is 65.1 Å². The Morgan fingerprint density at radius 3 is 2.42 bits per heavy atom. The molecule has 9 nitrogen and oxygen atoms in total. The van der Waals surface area contributed by atoms with Gasteiger partial charge in [-0.1, -0.05) is 18.2 Å². The van der Waals surface area contributed by atoms with Crippen molar-refractivity contribution in [2.75, 3.05) is 49.5 Å². The third-order valence-corrected chi connectivity index (χ3v) is 7.63. The molecule has 2 aromatic carbocycles. The Morgan fingerprint density at radius 1 is 1.07 bits per heavy atom. The molecule has 2 saturated heterocycles. The summed E-state index contributed by atoms with van der Waals surface area (Å²) in [7, 11) is 0. The van der Waals surface area contributed by atoms with Gasteiger partial charge in [-0.05, 0) is 76.8 Å². The van der Waals surface area contributed by atoms with Crippen molar-refractivity contribution < 1.29 is 19.4 Å². The number of rotatable bonds is 5. The number of nitrogens with one attached hydrogen (secondary N) is 1. The first-order valence-corrected chi connectivity index (χ1v) is 14.0. The normalized spacial score (nSPS) is 18.3. The third kappa shape index (κ3) is 6.68. The van der Waals surface area contributed by atoms with Gasteiger partial charge in [-0.25, -0.2) is 4.79 Å². The van der Waals surface area contributed by atoms with Crippen molar-refractivity contribution in [1.82, 2.24) is 9.80 Å². The SMILES string of the molecule is Cc1cc(C)c(C(=O)N2CCN(C(=O)OC(C)(C)C)[C@H](CO)C2)cc1NC1CCN(c2ccccc2C#N)CC1. The maximum Gasteiger partial charge on any atom is 0.410 e. The minimum atomic E-state index is -0.635. The van der Waals surface area contributed by atoms with E-state index in [1.54, 1.807) is 4.90 Å². The van der Waals surface area contributed by atoms with Crippen LogP contribution in [0.25, 0.3) is 0 Å². The second-order valence-electron chi connectivity index (χ2n) is 11.8. The van der Waals surface area contributed by atoms with E-state index in [1.807, 2.05) is 71.0 Å². The Kier molecular flexibility index (Phi) is 8.89. The van der Waals surface area contributed by atoms with Gasteiger partial charge in [-0.15, -0.1) is 0 Å². The van der Waals surface area contributed by atoms with Gasteiger partial charge in [-0.2, -0.15) is 5.26 Å². The zero-order valence-corrected chi connectivity index (χ0v) is 24.2. The summed E-state index contributed by atoms with van der Waals surface area (Å²) in [6.45, 7) is 11.8. The number of aliphatic hydroxyl groups is 1. The van der Waals surface area contributed by atoms with Gasteiger partial charge in [0.25, 0.3) is 5.91 Å². The molecule has 2 aliphatic heterocycles. The number of benzene rings is 2. The molecule has 2 aliphatic rings. The van der Waals surface area contributed by atoms with Crippen LogP contribution in [0.4, 0.5) is 16.2 Å². The number of aryl methyl sites for hydroxylation is 2. The third-order valence-electron chi connectivity index (χ3n) is 7.63. The lowest BCUT2D eigenvalue weighted by Gasteiger charge is -2.41. The molecule has 0 aliphatic carbocycles. The highest BCUT2D eigenvalue weighted by molar-refractivity contribution is 5.97. The predicted octanol–water partition coefficient (Wildman–Crippen LogP) is 4.31. The number of anilines is 2. The first-order chi connectivity index (χ1) is 19.0. The number of amides is 2. The van der Waals surface area contributed by atoms with Crippen molar-refractivity contribution >= 4 is 23.4 Å². The van der Waals surface area contributed by atoms with Crippen LogP contribution in [0, 0.1) is 25.2 Å². The number of aliphatic hydroxyl groups excluding tert-OH is 1. The van der Waals surface area contributed by atoms with Crippen LogP contribution in [0.1, 0.15) is 60.7 Å². The van der Waals surface area contributed by atoms with Crippen molar-refractivity contribution in [1.29, 1.82) is 5.26 Å². The topological polar surface area (TPSA) is 109 Å². The van der Waals surface area contributed by atoms with Crippen LogP contribution in [0.5, 0.6) is 0 Å². The summed E-state index contributed by atoms with van der Waals surface area (Å²) in [6.07, 6.45) is 1.36. The van der Waals surface area contributed by atoms with Gasteiger partial charge in [0.15, 0.2) is 0 Å². The average Bonchev–Trinajstić information content (AvgIpc) is 2.93. The summed E-state index contributed by atoms with van der Waals surface area (Å²) >= 11 is 0. The van der Waals surface area contributed by atoms with E-state index in [9.17, 15) is 20.0 Å². The highest BCUT2D eigenvalue weighted by Crippen LogP contribution is 2.28. The average molecular weight is 548 g/mol. The first kappa shape index (κ1) is 29.2. The fourth-order valence-corrected chi connectivity index (χ4v) is 5.49. The summed E-state index contributed by atoms with van der Waals surface area (Å²) in [5, 5.41) is 23.1. The van der Waals surface area contributed by atoms with Gasteiger partial charge >= 0.3 is 6.09 Å². The van der Waals surface area contributed by atoms with Gasteiger partial charge in [0.1, 0.15) is 11.7 Å². The zero-order valence-electron chi connectivity index (χ0n) is 24.2. The van der Waals surface area contributed by atoms with Gasteiger partial charge < -0.3 is 25.0 Å². The monoisotopic (exact) mass is 547 g/mol. The molecule has 0 bridgehead atoms. The van der Waals surface area contributed by atoms with Crippen LogP contribution in [0.3, 0.4) is 0 Å². The predicted molar refractivity (Wildman–Crippen MR) is 156 cm³/mol. The van der Waals surface area contributed by atoms with Crippen LogP contribution in [-0.4, -0.2) is 83.9 Å². The Morgan fingerprint density at radius 2 is 1.77 bits per heavy atom. The summed E-state index contributed by atoms with van der Waals surface area (Å²) in [5.74, 6) is -0.106. The quantitative estimate of drug-likeness (QED) is 0.574. The minimum absolute atomic E-state index is 0.106. The second-order valence-corrected chi connectivity index (χ2v) is 11.8. The molecule has 2 heterocycles. The summed E-state index contributed by atoms with van der Waals surface area (Å²) < 4.78 is 5.50. The first-order valence-electron chi connectivity index (χ1n) is 14.0. The number of nitrogens with zero attached hydrogens (tertiary/aromatic N) is 4. The number of carbonyl (C=O) groups excluding carboxylic acids is 2. The Balaban J connectivity index is 1.42. The molecule has 2 aromatic rings. The zero-order chi connectivity index (χ0) is 29.0. The van der Waals surface area contributed by atoms with Gasteiger partial charge in [0.2, 0.25) is 0 Å². The van der Waals surface area contributed by atoms with Gasteiger partial charge in [0, 0.05) is 50.0 Å². The number of ether oxygens (including phenoxy) is 1. The molecule has 40 heavy (non-hydrogen) atoms. The molecule has 1 atom stereocenters. The molecule has 2 fully saturated rings. The number of piperidine rings is 1. The molecule has 9 heteroatoms. The van der Waals surface area contributed by atoms with E-state index in [0.29, 0.717) is 24.2 Å². The molecule has 2 amide bonds. The Bertz CT molecular complexity index is 1270. The van der Waals surface area contributed by atoms with E-state index in [1.165, 1.54) is 4.90 Å². The number of hydrogen-bond acceptors (Lipinski definition) is 7. The van der Waals surface area contributed by atoms with Crippen molar-refractivity contribution in [3.63, 3.8) is 0 Å². The van der Waals surface area contributed by atoms with Crippen molar-refractivity contribution in [3.05, 3.63) is 58.7 Å². The van der Waals surface area contributed by atoms with Crippen molar-refractivity contribution in [3.8, 4) is 6.07 Å². The van der Waals surface area contributed by atoms with E-state index in [4.69, 9.17) is 4.74 Å². The number of nitriles is 1. The number of hydrogen-bond donors (Lipinski definition) is 2. The molecule has 0 unspecified atom stereocenters. The highest BCUT2D eigenvalue weighted by Gasteiger charge is 2.35. The summed E-state index contributed by atoms with van der Waals surface area (Å²) in [4.78, 5) is 31.8. The van der Waals surface area contributed by atoms with Crippen LogP contribution in [0.2, 0.25) is 0 Å². The molecule has 2 N–H and O–H groups in total. The molecule has 0 saturated carbocycles. The second kappa shape index (κ2) is 12.2. The summed E-state index contributed by atoms with van der Waals surface area (Å²) in [6, 6.07) is 13.7. The minimum Gasteiger partial charge on any atom is -0.444 e. The molecule has 0 radical (unpaired) electrons. The van der Waals surface area contributed by atoms with Crippen LogP contribution in [-0.2, 0) is 4.74 Å². The van der Waals surface area contributed by atoms with E-state index < -0.39 is 17.7 Å². The lowest BCUT2D eigenvalue weighted by molar-refractivity contribution is -0.00986. The maximum absolute atomic E-state index is 13.7. The van der Waals surface area contributed by atoms with Crippen LogP contribution < -0.4 is 10.2 Å². The number of piperazine rings is 1. The highest BCUT2D eigenvalue weighted by atomic mass is 16.6. The number of para-hydroxylation sites is 1. The van der Waals surface area contributed by atoms with E-state index in [2.05, 4.69) is 16.3 Å². The Labute approximate surface area is 237 Å². The lowest BCUT2D eigenvalue weighted by atomic mass is 9.99. The number of carbonyl (C=O) groups is 2. The molecular formula is C31H41N5O4. The largest absolute Gasteiger partial charge is 0.444 e. The van der Waals surface area contributed by atoms with Gasteiger partial charge in [0.05, 0.1) is 23.9 Å².